The number of amides is 3. The van der Waals surface area contributed by atoms with Crippen LogP contribution in [0.1, 0.15) is 28.9 Å². The van der Waals surface area contributed by atoms with Gasteiger partial charge in [0.25, 0.3) is 5.91 Å². The molecule has 2 aliphatic rings. The van der Waals surface area contributed by atoms with Gasteiger partial charge in [-0.05, 0) is 48.6 Å². The number of aromatic nitrogens is 1. The van der Waals surface area contributed by atoms with E-state index in [2.05, 4.69) is 10.3 Å². The van der Waals surface area contributed by atoms with Crippen molar-refractivity contribution in [3.63, 3.8) is 0 Å². The maximum absolute atomic E-state index is 14.5. The summed E-state index contributed by atoms with van der Waals surface area (Å²) in [5.41, 5.74) is -0.427. The van der Waals surface area contributed by atoms with Gasteiger partial charge in [0.15, 0.2) is 0 Å². The van der Waals surface area contributed by atoms with Crippen LogP contribution in [0.5, 0.6) is 0 Å². The summed E-state index contributed by atoms with van der Waals surface area (Å²) in [7, 11) is 0. The number of fused-ring (bicyclic) bond motifs is 1. The first-order valence-electron chi connectivity index (χ1n) is 13.0. The molecule has 0 saturated carbocycles. The van der Waals surface area contributed by atoms with Gasteiger partial charge in [0, 0.05) is 38.3 Å². The van der Waals surface area contributed by atoms with E-state index in [4.69, 9.17) is 0 Å². The van der Waals surface area contributed by atoms with Crippen molar-refractivity contribution in [1.82, 2.24) is 20.1 Å². The largest absolute Gasteiger partial charge is 0.348 e. The van der Waals surface area contributed by atoms with Gasteiger partial charge in [-0.2, -0.15) is 0 Å². The third-order valence-electron chi connectivity index (χ3n) is 7.30. The molecule has 0 spiro atoms. The van der Waals surface area contributed by atoms with Gasteiger partial charge in [0.1, 0.15) is 28.8 Å². The maximum Gasteiger partial charge on any atom is 0.272 e. The van der Waals surface area contributed by atoms with E-state index in [-0.39, 0.29) is 30.1 Å². The highest BCUT2D eigenvalue weighted by molar-refractivity contribution is 5.97. The Morgan fingerprint density at radius 3 is 2.40 bits per heavy atom. The summed E-state index contributed by atoms with van der Waals surface area (Å²) < 4.78 is 43.1. The molecule has 2 aromatic carbocycles. The van der Waals surface area contributed by atoms with Crippen LogP contribution in [-0.4, -0.2) is 58.2 Å². The normalized spacial score (nSPS) is 18.6. The topological polar surface area (TPSA) is 82.6 Å². The highest BCUT2D eigenvalue weighted by Crippen LogP contribution is 2.32. The molecule has 0 unspecified atom stereocenters. The van der Waals surface area contributed by atoms with E-state index in [0.29, 0.717) is 19.6 Å². The third-order valence-corrected chi connectivity index (χ3v) is 7.30. The molecule has 1 N–H and O–H groups in total. The first-order chi connectivity index (χ1) is 19.3. The van der Waals surface area contributed by atoms with Crippen molar-refractivity contribution in [1.29, 1.82) is 0 Å². The fourth-order valence-electron chi connectivity index (χ4n) is 5.33. The van der Waals surface area contributed by atoms with Crippen molar-refractivity contribution in [3.05, 3.63) is 102 Å². The predicted molar refractivity (Wildman–Crippen MR) is 141 cm³/mol. The van der Waals surface area contributed by atoms with Crippen molar-refractivity contribution in [2.75, 3.05) is 19.6 Å². The summed E-state index contributed by atoms with van der Waals surface area (Å²) in [5.74, 6) is -4.14. The molecule has 5 rings (SSSR count). The highest BCUT2D eigenvalue weighted by Gasteiger charge is 2.42. The second-order valence-electron chi connectivity index (χ2n) is 9.87. The fourth-order valence-corrected chi connectivity index (χ4v) is 5.33. The van der Waals surface area contributed by atoms with Crippen molar-refractivity contribution in [3.8, 4) is 11.3 Å². The van der Waals surface area contributed by atoms with E-state index in [1.54, 1.807) is 4.90 Å². The van der Waals surface area contributed by atoms with Crippen LogP contribution < -0.4 is 5.32 Å². The number of hydrogen-bond donors (Lipinski definition) is 1. The Bertz CT molecular complexity index is 1440. The Hall–Kier alpha value is -4.47. The lowest BCUT2D eigenvalue weighted by atomic mass is 9.92. The average Bonchev–Trinajstić information content (AvgIpc) is 3.40. The van der Waals surface area contributed by atoms with Crippen LogP contribution in [0.3, 0.4) is 0 Å². The van der Waals surface area contributed by atoms with Crippen LogP contribution in [0.4, 0.5) is 13.2 Å². The SMILES string of the molecule is O=C(/C=C/C(=O)N1CCC[C@@H]2CN(C(=O)c3ccc(F)c(-c4c(F)cccc4F)n3)C[C@@H]21)NCc1ccccc1. The van der Waals surface area contributed by atoms with Gasteiger partial charge >= 0.3 is 0 Å². The molecule has 2 aliphatic heterocycles. The summed E-state index contributed by atoms with van der Waals surface area (Å²) in [6.45, 7) is 1.42. The van der Waals surface area contributed by atoms with E-state index in [1.807, 2.05) is 30.3 Å². The van der Waals surface area contributed by atoms with Crippen LogP contribution in [0.15, 0.2) is 72.8 Å². The van der Waals surface area contributed by atoms with Gasteiger partial charge in [-0.15, -0.1) is 0 Å². The Morgan fingerprint density at radius 1 is 0.900 bits per heavy atom. The second kappa shape index (κ2) is 11.7. The van der Waals surface area contributed by atoms with E-state index in [9.17, 15) is 27.6 Å². The lowest BCUT2D eigenvalue weighted by Crippen LogP contribution is -2.48. The lowest BCUT2D eigenvalue weighted by molar-refractivity contribution is -0.130. The second-order valence-corrected chi connectivity index (χ2v) is 9.87. The summed E-state index contributed by atoms with van der Waals surface area (Å²) in [4.78, 5) is 45.7. The van der Waals surface area contributed by atoms with Gasteiger partial charge in [0.2, 0.25) is 11.8 Å². The zero-order valence-corrected chi connectivity index (χ0v) is 21.5. The number of rotatable bonds is 6. The fraction of sp³-hybridized carbons (Fsp3) is 0.267. The van der Waals surface area contributed by atoms with E-state index in [0.717, 1.165) is 42.7 Å². The smallest absolute Gasteiger partial charge is 0.272 e. The number of nitrogens with one attached hydrogen (secondary N) is 1. The molecule has 3 aromatic rings. The van der Waals surface area contributed by atoms with Gasteiger partial charge in [-0.3, -0.25) is 14.4 Å². The summed E-state index contributed by atoms with van der Waals surface area (Å²) in [5, 5.41) is 2.74. The minimum Gasteiger partial charge on any atom is -0.348 e. The monoisotopic (exact) mass is 548 g/mol. The third kappa shape index (κ3) is 5.75. The molecule has 7 nitrogen and oxygen atoms in total. The first kappa shape index (κ1) is 27.1. The molecule has 1 aromatic heterocycles. The van der Waals surface area contributed by atoms with E-state index in [1.165, 1.54) is 23.1 Å². The zero-order valence-electron chi connectivity index (χ0n) is 21.5. The standard InChI is InChI=1S/C30H27F3N4O3/c31-21-9-4-10-22(32)28(21)29-23(33)11-12-24(35-29)30(40)36-17-20-8-5-15-37(25(20)18-36)27(39)14-13-26(38)34-16-19-6-2-1-3-7-19/h1-4,6-7,9-14,20,25H,5,8,15-18H2,(H,34,38)/b14-13+/t20-,25+/m1/s1. The maximum atomic E-state index is 14.5. The number of carbonyl (C=O) groups is 3. The molecule has 2 fully saturated rings. The lowest BCUT2D eigenvalue weighted by Gasteiger charge is -2.36. The predicted octanol–water partition coefficient (Wildman–Crippen LogP) is 4.10. The van der Waals surface area contributed by atoms with Gasteiger partial charge in [-0.25, -0.2) is 18.2 Å². The minimum absolute atomic E-state index is 0.0193. The van der Waals surface area contributed by atoms with E-state index >= 15 is 0 Å². The van der Waals surface area contributed by atoms with Crippen molar-refractivity contribution < 1.29 is 27.6 Å². The number of likely N-dealkylation sites (tertiary alicyclic amines) is 2. The molecule has 3 amide bonds. The number of nitrogens with zero attached hydrogens (tertiary/aromatic N) is 3. The summed E-state index contributed by atoms with van der Waals surface area (Å²) in [6, 6.07) is 14.4. The molecule has 10 heteroatoms. The molecule has 2 atom stereocenters. The summed E-state index contributed by atoms with van der Waals surface area (Å²) in [6.07, 6.45) is 4.00. The first-order valence-corrected chi connectivity index (χ1v) is 13.0. The number of carbonyl (C=O) groups excluding carboxylic acids is 3. The minimum atomic E-state index is -0.987. The Kier molecular flexibility index (Phi) is 7.95. The van der Waals surface area contributed by atoms with Gasteiger partial charge < -0.3 is 15.1 Å². The Balaban J connectivity index is 1.26. The molecule has 40 heavy (non-hydrogen) atoms. The van der Waals surface area contributed by atoms with Crippen LogP contribution >= 0.6 is 0 Å². The van der Waals surface area contributed by atoms with Crippen LogP contribution in [0.2, 0.25) is 0 Å². The van der Waals surface area contributed by atoms with Crippen LogP contribution in [0, 0.1) is 23.4 Å². The highest BCUT2D eigenvalue weighted by atomic mass is 19.1. The molecule has 0 radical (unpaired) electrons. The zero-order chi connectivity index (χ0) is 28.2. The molecular formula is C30H27F3N4O3. The molecular weight excluding hydrogens is 521 g/mol. The van der Waals surface area contributed by atoms with Gasteiger partial charge in [-0.1, -0.05) is 36.4 Å². The molecule has 0 bridgehead atoms. The van der Waals surface area contributed by atoms with Crippen molar-refractivity contribution >= 4 is 17.7 Å². The molecule has 0 aliphatic carbocycles. The average molecular weight is 549 g/mol. The Labute approximate surface area is 229 Å². The van der Waals surface area contributed by atoms with Crippen molar-refractivity contribution in [2.24, 2.45) is 5.92 Å². The van der Waals surface area contributed by atoms with E-state index < -0.39 is 40.5 Å². The molecule has 3 heterocycles. The van der Waals surface area contributed by atoms with Gasteiger partial charge in [0.05, 0.1) is 11.6 Å². The molecule has 206 valence electrons. The number of piperidine rings is 1. The van der Waals surface area contributed by atoms with Crippen molar-refractivity contribution in [2.45, 2.75) is 25.4 Å². The van der Waals surface area contributed by atoms with Crippen LogP contribution in [-0.2, 0) is 16.1 Å². The number of hydrogen-bond acceptors (Lipinski definition) is 4. The molecule has 2 saturated heterocycles. The summed E-state index contributed by atoms with van der Waals surface area (Å²) >= 11 is 0. The van der Waals surface area contributed by atoms with Crippen LogP contribution in [0.25, 0.3) is 11.3 Å². The number of halogens is 3. The number of pyridine rings is 1. The Morgan fingerprint density at radius 2 is 1.65 bits per heavy atom. The number of benzene rings is 2. The quantitative estimate of drug-likeness (QED) is 0.471.